The van der Waals surface area contributed by atoms with E-state index in [-0.39, 0.29) is 5.75 Å². The Hall–Kier alpha value is -3.27. The fourth-order valence-electron chi connectivity index (χ4n) is 3.87. The number of nitriles is 1. The van der Waals surface area contributed by atoms with Crippen LogP contribution in [-0.2, 0) is 16.3 Å². The summed E-state index contributed by atoms with van der Waals surface area (Å²) >= 11 is 6.46. The lowest BCUT2D eigenvalue weighted by molar-refractivity contribution is 0.316. The van der Waals surface area contributed by atoms with E-state index in [0.717, 1.165) is 39.7 Å². The summed E-state index contributed by atoms with van der Waals surface area (Å²) in [6, 6.07) is 22.0. The van der Waals surface area contributed by atoms with Gasteiger partial charge in [0, 0.05) is 23.5 Å². The molecule has 0 bridgehead atoms. The predicted octanol–water partition coefficient (Wildman–Crippen LogP) is 6.20. The molecule has 0 aliphatic rings. The molecule has 0 aliphatic heterocycles. The van der Waals surface area contributed by atoms with Gasteiger partial charge in [-0.05, 0) is 59.9 Å². The van der Waals surface area contributed by atoms with Crippen LogP contribution >= 0.6 is 11.6 Å². The number of ether oxygens (including phenoxy) is 1. The zero-order chi connectivity index (χ0) is 24.3. The second-order valence-electron chi connectivity index (χ2n) is 8.30. The van der Waals surface area contributed by atoms with Crippen molar-refractivity contribution in [3.8, 4) is 28.6 Å². The topological polar surface area (TPSA) is 72.1 Å². The molecule has 3 aromatic carbocycles. The van der Waals surface area contributed by atoms with Gasteiger partial charge in [-0.2, -0.15) is 5.26 Å². The summed E-state index contributed by atoms with van der Waals surface area (Å²) in [4.78, 5) is 0. The number of hydrogen-bond acceptors (Lipinski definition) is 4. The van der Waals surface area contributed by atoms with E-state index in [1.807, 2.05) is 60.2 Å². The van der Waals surface area contributed by atoms with Crippen molar-refractivity contribution in [2.24, 2.45) is 0 Å². The van der Waals surface area contributed by atoms with Crippen molar-refractivity contribution < 1.29 is 13.2 Å². The second-order valence-corrected chi connectivity index (χ2v) is 11.0. The molecule has 0 N–H and O–H groups in total. The van der Waals surface area contributed by atoms with Gasteiger partial charge in [-0.3, -0.25) is 0 Å². The van der Waals surface area contributed by atoms with Gasteiger partial charge >= 0.3 is 0 Å². The molecule has 0 saturated heterocycles. The molecule has 0 aliphatic carbocycles. The summed E-state index contributed by atoms with van der Waals surface area (Å²) in [6.45, 7) is 2.50. The highest BCUT2D eigenvalue weighted by molar-refractivity contribution is 7.90. The number of halogens is 1. The third kappa shape index (κ3) is 5.27. The van der Waals surface area contributed by atoms with E-state index in [1.165, 1.54) is 6.26 Å². The predicted molar refractivity (Wildman–Crippen MR) is 138 cm³/mol. The number of aromatic nitrogens is 1. The molecule has 4 aromatic rings. The Morgan fingerprint density at radius 2 is 1.76 bits per heavy atom. The summed E-state index contributed by atoms with van der Waals surface area (Å²) in [5.41, 5.74) is 5.33. The zero-order valence-electron chi connectivity index (χ0n) is 19.1. The van der Waals surface area contributed by atoms with Crippen LogP contribution in [0.5, 0.6) is 5.75 Å². The van der Waals surface area contributed by atoms with Gasteiger partial charge in [0.1, 0.15) is 15.9 Å². The minimum absolute atomic E-state index is 0.148. The molecule has 5 nitrogen and oxygen atoms in total. The Labute approximate surface area is 205 Å². The molecule has 174 valence electrons. The first-order valence-corrected chi connectivity index (χ1v) is 13.5. The highest BCUT2D eigenvalue weighted by Crippen LogP contribution is 2.34. The van der Waals surface area contributed by atoms with E-state index < -0.39 is 9.84 Å². The van der Waals surface area contributed by atoms with Crippen molar-refractivity contribution in [2.45, 2.75) is 19.8 Å². The maximum absolute atomic E-state index is 11.4. The molecular weight excluding hydrogens is 468 g/mol. The molecule has 0 radical (unpaired) electrons. The molecule has 4 rings (SSSR count). The Kier molecular flexibility index (Phi) is 6.97. The fourth-order valence-corrected chi connectivity index (χ4v) is 4.74. The average molecular weight is 493 g/mol. The molecule has 34 heavy (non-hydrogen) atoms. The minimum atomic E-state index is -2.98. The summed E-state index contributed by atoms with van der Waals surface area (Å²) in [6.07, 6.45) is 4.56. The maximum Gasteiger partial charge on any atom is 0.155 e. The quantitative estimate of drug-likeness (QED) is 0.293. The van der Waals surface area contributed by atoms with Crippen molar-refractivity contribution in [1.29, 1.82) is 5.26 Å². The molecular formula is C27H25ClN2O3S. The monoisotopic (exact) mass is 492 g/mol. The van der Waals surface area contributed by atoms with Gasteiger partial charge < -0.3 is 9.30 Å². The van der Waals surface area contributed by atoms with Crippen molar-refractivity contribution in [3.05, 3.63) is 83.0 Å². The molecule has 1 aromatic heterocycles. The molecule has 0 amide bonds. The average Bonchev–Trinajstić information content (AvgIpc) is 3.25. The molecule has 0 spiro atoms. The van der Waals surface area contributed by atoms with Crippen LogP contribution in [0.25, 0.3) is 27.7 Å². The molecule has 0 unspecified atom stereocenters. The first-order valence-electron chi connectivity index (χ1n) is 11.0. The van der Waals surface area contributed by atoms with E-state index in [4.69, 9.17) is 16.3 Å². The molecule has 1 heterocycles. The van der Waals surface area contributed by atoms with Crippen molar-refractivity contribution in [1.82, 2.24) is 4.57 Å². The van der Waals surface area contributed by atoms with Crippen molar-refractivity contribution in [2.75, 3.05) is 18.6 Å². The Balaban J connectivity index is 1.63. The number of sulfone groups is 1. The van der Waals surface area contributed by atoms with Crippen LogP contribution in [0.3, 0.4) is 0 Å². The largest absolute Gasteiger partial charge is 0.491 e. The Bertz CT molecular complexity index is 1480. The van der Waals surface area contributed by atoms with Crippen LogP contribution in [0.2, 0.25) is 5.02 Å². The zero-order valence-corrected chi connectivity index (χ0v) is 20.7. The fraction of sp³-hybridized carbons (Fsp3) is 0.222. The van der Waals surface area contributed by atoms with Crippen LogP contribution in [0.15, 0.2) is 66.9 Å². The lowest BCUT2D eigenvalue weighted by atomic mass is 10.0. The van der Waals surface area contributed by atoms with Gasteiger partial charge in [-0.15, -0.1) is 0 Å². The number of fused-ring (bicyclic) bond motifs is 1. The van der Waals surface area contributed by atoms with E-state index in [0.29, 0.717) is 29.4 Å². The van der Waals surface area contributed by atoms with Crippen LogP contribution in [-0.4, -0.2) is 31.6 Å². The van der Waals surface area contributed by atoms with Gasteiger partial charge in [-0.25, -0.2) is 8.42 Å². The number of benzene rings is 3. The van der Waals surface area contributed by atoms with Gasteiger partial charge in [0.25, 0.3) is 0 Å². The minimum Gasteiger partial charge on any atom is -0.491 e. The van der Waals surface area contributed by atoms with E-state index in [2.05, 4.69) is 18.2 Å². The van der Waals surface area contributed by atoms with Gasteiger partial charge in [-0.1, -0.05) is 48.9 Å². The lowest BCUT2D eigenvalue weighted by Crippen LogP contribution is -2.05. The van der Waals surface area contributed by atoms with Gasteiger partial charge in [0.2, 0.25) is 0 Å². The summed E-state index contributed by atoms with van der Waals surface area (Å²) in [5.74, 6) is 0.572. The van der Waals surface area contributed by atoms with Crippen LogP contribution < -0.4 is 4.74 Å². The molecule has 7 heteroatoms. The van der Waals surface area contributed by atoms with E-state index >= 15 is 0 Å². The van der Waals surface area contributed by atoms with Crippen LogP contribution in [0, 0.1) is 11.3 Å². The van der Waals surface area contributed by atoms with Gasteiger partial charge in [0.05, 0.1) is 28.5 Å². The number of hydrogen-bond donors (Lipinski definition) is 0. The SMILES string of the molecule is CCCOc1c(Cl)cc(-n2ccc3cc(-c4ccc(CCS(C)(=O)=O)cc4)ccc32)cc1C#N. The lowest BCUT2D eigenvalue weighted by Gasteiger charge is -2.13. The summed E-state index contributed by atoms with van der Waals surface area (Å²) < 4.78 is 30.5. The number of nitrogens with zero attached hydrogens (tertiary/aromatic N) is 2. The highest BCUT2D eigenvalue weighted by atomic mass is 35.5. The Morgan fingerprint density at radius 1 is 1.03 bits per heavy atom. The number of rotatable bonds is 8. The van der Waals surface area contributed by atoms with Crippen molar-refractivity contribution >= 4 is 32.3 Å². The molecule has 0 saturated carbocycles. The molecule has 0 atom stereocenters. The Morgan fingerprint density at radius 3 is 2.44 bits per heavy atom. The summed E-state index contributed by atoms with van der Waals surface area (Å²) in [7, 11) is -2.98. The second kappa shape index (κ2) is 9.92. The first-order chi connectivity index (χ1) is 16.3. The van der Waals surface area contributed by atoms with Crippen LogP contribution in [0.4, 0.5) is 0 Å². The van der Waals surface area contributed by atoms with Gasteiger partial charge in [0.15, 0.2) is 5.75 Å². The van der Waals surface area contributed by atoms with Crippen LogP contribution in [0.1, 0.15) is 24.5 Å². The number of aryl methyl sites for hydroxylation is 1. The van der Waals surface area contributed by atoms with Crippen molar-refractivity contribution in [3.63, 3.8) is 0 Å². The molecule has 0 fully saturated rings. The van der Waals surface area contributed by atoms with E-state index in [1.54, 1.807) is 6.07 Å². The smallest absolute Gasteiger partial charge is 0.155 e. The standard InChI is InChI=1S/C27H25ClN2O3S/c1-3-13-33-27-23(18-29)16-24(17-25(27)28)30-12-10-22-15-21(8-9-26(22)30)20-6-4-19(5-7-20)11-14-34(2,31)32/h4-10,12,15-17H,3,11,13-14H2,1-2H3. The third-order valence-electron chi connectivity index (χ3n) is 5.62. The third-order valence-corrected chi connectivity index (χ3v) is 6.84. The normalized spacial score (nSPS) is 11.5. The first kappa shape index (κ1) is 23.9. The van der Waals surface area contributed by atoms with E-state index in [9.17, 15) is 13.7 Å². The highest BCUT2D eigenvalue weighted by Gasteiger charge is 2.14. The summed E-state index contributed by atoms with van der Waals surface area (Å²) in [5, 5.41) is 11.1. The maximum atomic E-state index is 11.4.